The number of carbonyl (C=O) groups excluding carboxylic acids is 1. The Morgan fingerprint density at radius 2 is 2.24 bits per heavy atom. The molecule has 1 aromatic carbocycles. The average molecular weight is 348 g/mol. The van der Waals surface area contributed by atoms with E-state index in [0.29, 0.717) is 11.8 Å². The summed E-state index contributed by atoms with van der Waals surface area (Å²) < 4.78 is 6.44. The van der Waals surface area contributed by atoms with Gasteiger partial charge in [-0.15, -0.1) is 10.2 Å². The minimum Gasteiger partial charge on any atom is -0.419 e. The van der Waals surface area contributed by atoms with Crippen LogP contribution in [0.25, 0.3) is 11.5 Å². The summed E-state index contributed by atoms with van der Waals surface area (Å²) in [5.74, 6) is 0.568. The first kappa shape index (κ1) is 15.2. The van der Waals surface area contributed by atoms with Crippen LogP contribution in [-0.4, -0.2) is 16.1 Å². The monoisotopic (exact) mass is 347 g/mol. The molecule has 1 heterocycles. The number of nitrogens with zero attached hydrogens (tertiary/aromatic N) is 2. The van der Waals surface area contributed by atoms with Crippen molar-refractivity contribution in [3.63, 3.8) is 0 Å². The molecule has 0 saturated carbocycles. The number of hydrogen-bond donors (Lipinski definition) is 1. The van der Waals surface area contributed by atoms with Crippen molar-refractivity contribution in [2.75, 3.05) is 0 Å². The smallest absolute Gasteiger partial charge is 0.247 e. The van der Waals surface area contributed by atoms with Gasteiger partial charge in [-0.1, -0.05) is 40.2 Å². The highest BCUT2D eigenvalue weighted by Gasteiger charge is 2.09. The Hall–Kier alpha value is -2.21. The second-order valence-electron chi connectivity index (χ2n) is 4.11. The molecule has 0 aliphatic carbocycles. The Morgan fingerprint density at radius 3 is 3.00 bits per heavy atom. The molecular formula is C15H14BrN3O2. The fraction of sp³-hybridized carbons (Fsp3) is 0.133. The van der Waals surface area contributed by atoms with Crippen LogP contribution in [0, 0.1) is 0 Å². The van der Waals surface area contributed by atoms with E-state index in [4.69, 9.17) is 4.42 Å². The number of hydrogen-bond acceptors (Lipinski definition) is 4. The van der Waals surface area contributed by atoms with Crippen LogP contribution < -0.4 is 5.32 Å². The standard InChI is InChI=1S/C15H14BrN3O2/c1-2-3-4-8-13(20)17-10-14-18-19-15(21-14)11-6-5-7-12(16)9-11/h2-9H,10H2,1H3,(H,17,20)/b3-2+,8-4-. The van der Waals surface area contributed by atoms with E-state index in [1.807, 2.05) is 37.3 Å². The normalized spacial score (nSPS) is 11.3. The Bertz CT molecular complexity index is 677. The van der Waals surface area contributed by atoms with Gasteiger partial charge in [-0.3, -0.25) is 4.79 Å². The second kappa shape index (κ2) is 7.54. The van der Waals surface area contributed by atoms with Crippen LogP contribution >= 0.6 is 15.9 Å². The molecule has 1 N–H and O–H groups in total. The van der Waals surface area contributed by atoms with Crippen molar-refractivity contribution in [3.8, 4) is 11.5 Å². The van der Waals surface area contributed by atoms with Crippen LogP contribution in [0.5, 0.6) is 0 Å². The second-order valence-corrected chi connectivity index (χ2v) is 5.03. The van der Waals surface area contributed by atoms with Gasteiger partial charge in [0.15, 0.2) is 0 Å². The molecule has 108 valence electrons. The van der Waals surface area contributed by atoms with Gasteiger partial charge in [0, 0.05) is 16.1 Å². The quantitative estimate of drug-likeness (QED) is 0.665. The minimum atomic E-state index is -0.213. The summed E-state index contributed by atoms with van der Waals surface area (Å²) in [4.78, 5) is 11.5. The summed E-state index contributed by atoms with van der Waals surface area (Å²) in [5, 5.41) is 10.5. The molecule has 0 saturated heterocycles. The van der Waals surface area contributed by atoms with Gasteiger partial charge in [-0.2, -0.15) is 0 Å². The van der Waals surface area contributed by atoms with Gasteiger partial charge in [-0.05, 0) is 25.1 Å². The maximum atomic E-state index is 11.5. The van der Waals surface area contributed by atoms with Gasteiger partial charge in [0.1, 0.15) is 0 Å². The van der Waals surface area contributed by atoms with Gasteiger partial charge in [0.05, 0.1) is 6.54 Å². The van der Waals surface area contributed by atoms with E-state index in [1.165, 1.54) is 6.08 Å². The molecule has 2 aromatic rings. The van der Waals surface area contributed by atoms with Crippen LogP contribution in [0.15, 0.2) is 57.5 Å². The fourth-order valence-electron chi connectivity index (χ4n) is 1.54. The lowest BCUT2D eigenvalue weighted by Gasteiger charge is -1.97. The Morgan fingerprint density at radius 1 is 1.38 bits per heavy atom. The average Bonchev–Trinajstić information content (AvgIpc) is 2.94. The lowest BCUT2D eigenvalue weighted by Crippen LogP contribution is -2.20. The number of benzene rings is 1. The first-order valence-electron chi connectivity index (χ1n) is 6.34. The Kier molecular flexibility index (Phi) is 5.45. The van der Waals surface area contributed by atoms with Crippen molar-refractivity contribution in [1.29, 1.82) is 0 Å². The highest BCUT2D eigenvalue weighted by atomic mass is 79.9. The molecule has 0 bridgehead atoms. The molecule has 21 heavy (non-hydrogen) atoms. The van der Waals surface area contributed by atoms with Crippen molar-refractivity contribution >= 4 is 21.8 Å². The van der Waals surface area contributed by atoms with Gasteiger partial charge < -0.3 is 9.73 Å². The lowest BCUT2D eigenvalue weighted by atomic mass is 10.2. The molecular weight excluding hydrogens is 334 g/mol. The highest BCUT2D eigenvalue weighted by molar-refractivity contribution is 9.10. The van der Waals surface area contributed by atoms with Gasteiger partial charge >= 0.3 is 0 Å². The van der Waals surface area contributed by atoms with E-state index in [-0.39, 0.29) is 12.5 Å². The number of amides is 1. The van der Waals surface area contributed by atoms with Crippen LogP contribution in [-0.2, 0) is 11.3 Å². The zero-order valence-corrected chi connectivity index (χ0v) is 13.0. The van der Waals surface area contributed by atoms with Crippen molar-refractivity contribution in [2.24, 2.45) is 0 Å². The largest absolute Gasteiger partial charge is 0.419 e. The van der Waals surface area contributed by atoms with Gasteiger partial charge in [-0.25, -0.2) is 0 Å². The first-order valence-corrected chi connectivity index (χ1v) is 7.14. The number of allylic oxidation sites excluding steroid dienone is 3. The molecule has 0 spiro atoms. The third-order valence-electron chi connectivity index (χ3n) is 2.50. The SMILES string of the molecule is C/C=C/C=C\C(=O)NCc1nnc(-c2cccc(Br)c2)o1. The third kappa shape index (κ3) is 4.68. The van der Waals surface area contributed by atoms with Crippen LogP contribution in [0.1, 0.15) is 12.8 Å². The van der Waals surface area contributed by atoms with Crippen LogP contribution in [0.3, 0.4) is 0 Å². The molecule has 2 rings (SSSR count). The van der Waals surface area contributed by atoms with E-state index < -0.39 is 0 Å². The molecule has 6 heteroatoms. The Labute approximate surface area is 130 Å². The summed E-state index contributed by atoms with van der Waals surface area (Å²) in [6.45, 7) is 2.07. The number of aromatic nitrogens is 2. The lowest BCUT2D eigenvalue weighted by molar-refractivity contribution is -0.116. The molecule has 0 aliphatic rings. The summed E-state index contributed by atoms with van der Waals surface area (Å²) in [6, 6.07) is 7.56. The fourth-order valence-corrected chi connectivity index (χ4v) is 1.94. The molecule has 1 amide bonds. The summed E-state index contributed by atoms with van der Waals surface area (Å²) in [5.41, 5.74) is 0.822. The van der Waals surface area contributed by atoms with Crippen LogP contribution in [0.4, 0.5) is 0 Å². The highest BCUT2D eigenvalue weighted by Crippen LogP contribution is 2.21. The number of halogens is 1. The molecule has 0 radical (unpaired) electrons. The maximum absolute atomic E-state index is 11.5. The topological polar surface area (TPSA) is 68.0 Å². The Balaban J connectivity index is 1.96. The number of rotatable bonds is 5. The summed E-state index contributed by atoms with van der Waals surface area (Å²) in [6.07, 6.45) is 6.71. The van der Waals surface area contributed by atoms with Crippen LogP contribution in [0.2, 0.25) is 0 Å². The number of nitrogens with one attached hydrogen (secondary N) is 1. The summed E-state index contributed by atoms with van der Waals surface area (Å²) >= 11 is 3.39. The molecule has 0 atom stereocenters. The molecule has 5 nitrogen and oxygen atoms in total. The molecule has 0 aliphatic heterocycles. The van der Waals surface area contributed by atoms with Gasteiger partial charge in [0.25, 0.3) is 0 Å². The van der Waals surface area contributed by atoms with E-state index in [0.717, 1.165) is 10.0 Å². The molecule has 1 aromatic heterocycles. The van der Waals surface area contributed by atoms with Crippen molar-refractivity contribution in [3.05, 3.63) is 58.9 Å². The van der Waals surface area contributed by atoms with Crippen molar-refractivity contribution in [2.45, 2.75) is 13.5 Å². The first-order chi connectivity index (χ1) is 10.2. The minimum absolute atomic E-state index is 0.194. The molecule has 0 unspecified atom stereocenters. The van der Waals surface area contributed by atoms with E-state index >= 15 is 0 Å². The predicted octanol–water partition coefficient (Wildman–Crippen LogP) is 3.25. The maximum Gasteiger partial charge on any atom is 0.247 e. The zero-order chi connectivity index (χ0) is 15.1. The van der Waals surface area contributed by atoms with Crippen molar-refractivity contribution < 1.29 is 9.21 Å². The van der Waals surface area contributed by atoms with E-state index in [9.17, 15) is 4.79 Å². The zero-order valence-electron chi connectivity index (χ0n) is 11.4. The predicted molar refractivity (Wildman–Crippen MR) is 83.2 cm³/mol. The third-order valence-corrected chi connectivity index (χ3v) is 3.00. The number of carbonyl (C=O) groups is 1. The summed E-state index contributed by atoms with van der Waals surface area (Å²) in [7, 11) is 0. The van der Waals surface area contributed by atoms with Gasteiger partial charge in [0.2, 0.25) is 17.7 Å². The van der Waals surface area contributed by atoms with Crippen molar-refractivity contribution in [1.82, 2.24) is 15.5 Å². The molecule has 0 fully saturated rings. The van der Waals surface area contributed by atoms with E-state index in [1.54, 1.807) is 12.2 Å². The van der Waals surface area contributed by atoms with E-state index in [2.05, 4.69) is 31.4 Å².